The smallest absolute Gasteiger partial charge is 0.105 e. The monoisotopic (exact) mass is 208 g/mol. The zero-order valence-corrected chi connectivity index (χ0v) is 9.79. The van der Waals surface area contributed by atoms with Gasteiger partial charge in [-0.15, -0.1) is 0 Å². The van der Waals surface area contributed by atoms with Crippen molar-refractivity contribution in [3.63, 3.8) is 0 Å². The van der Waals surface area contributed by atoms with Crippen LogP contribution in [-0.4, -0.2) is 24.0 Å². The minimum absolute atomic E-state index is 0.348. The third-order valence-corrected chi connectivity index (χ3v) is 3.33. The van der Waals surface area contributed by atoms with Crippen molar-refractivity contribution >= 4 is 0 Å². The Balaban J connectivity index is 2.13. The molecule has 0 bridgehead atoms. The fourth-order valence-electron chi connectivity index (χ4n) is 2.43. The quantitative estimate of drug-likeness (QED) is 0.808. The molecule has 1 aromatic rings. The average molecular weight is 208 g/mol. The van der Waals surface area contributed by atoms with E-state index >= 15 is 0 Å². The van der Waals surface area contributed by atoms with Crippen molar-refractivity contribution < 1.29 is 4.42 Å². The lowest BCUT2D eigenvalue weighted by atomic mass is 10.1. The molecule has 1 aromatic heterocycles. The number of hydrogen-bond donors (Lipinski definition) is 1. The van der Waals surface area contributed by atoms with Gasteiger partial charge in [0.05, 0.1) is 0 Å². The van der Waals surface area contributed by atoms with Crippen molar-refractivity contribution in [2.24, 2.45) is 5.73 Å². The lowest BCUT2D eigenvalue weighted by Gasteiger charge is -2.23. The van der Waals surface area contributed by atoms with Crippen LogP contribution in [0.3, 0.4) is 0 Å². The van der Waals surface area contributed by atoms with E-state index in [9.17, 15) is 0 Å². The molecule has 3 nitrogen and oxygen atoms in total. The first-order chi connectivity index (χ1) is 7.08. The van der Waals surface area contributed by atoms with E-state index in [0.29, 0.717) is 12.1 Å². The molecular formula is C12H20N2O. The van der Waals surface area contributed by atoms with Gasteiger partial charge in [-0.25, -0.2) is 0 Å². The summed E-state index contributed by atoms with van der Waals surface area (Å²) in [5.41, 5.74) is 7.23. The van der Waals surface area contributed by atoms with Crippen molar-refractivity contribution in [2.75, 3.05) is 13.1 Å². The maximum atomic E-state index is 5.92. The third-order valence-electron chi connectivity index (χ3n) is 3.33. The molecule has 2 heterocycles. The summed E-state index contributed by atoms with van der Waals surface area (Å²) in [6.45, 7) is 8.37. The van der Waals surface area contributed by atoms with Crippen LogP contribution in [0.15, 0.2) is 10.5 Å². The second kappa shape index (κ2) is 3.99. The van der Waals surface area contributed by atoms with Gasteiger partial charge in [-0.3, -0.25) is 4.90 Å². The molecule has 1 aliphatic rings. The van der Waals surface area contributed by atoms with Crippen molar-refractivity contribution in [1.29, 1.82) is 0 Å². The summed E-state index contributed by atoms with van der Waals surface area (Å²) in [7, 11) is 0. The molecule has 0 radical (unpaired) electrons. The molecule has 0 amide bonds. The zero-order valence-electron chi connectivity index (χ0n) is 9.79. The van der Waals surface area contributed by atoms with Gasteiger partial charge in [-0.1, -0.05) is 0 Å². The van der Waals surface area contributed by atoms with E-state index in [2.05, 4.69) is 17.9 Å². The fraction of sp³-hybridized carbons (Fsp3) is 0.667. The molecule has 2 atom stereocenters. The average Bonchev–Trinajstić information content (AvgIpc) is 2.71. The van der Waals surface area contributed by atoms with Crippen molar-refractivity contribution in [2.45, 2.75) is 39.3 Å². The van der Waals surface area contributed by atoms with E-state index in [-0.39, 0.29) is 0 Å². The highest BCUT2D eigenvalue weighted by atomic mass is 16.3. The predicted molar refractivity (Wildman–Crippen MR) is 60.8 cm³/mol. The molecule has 2 unspecified atom stereocenters. The van der Waals surface area contributed by atoms with E-state index in [4.69, 9.17) is 10.2 Å². The summed E-state index contributed by atoms with van der Waals surface area (Å²) < 4.78 is 5.56. The largest absolute Gasteiger partial charge is 0.466 e. The molecule has 84 valence electrons. The number of rotatable bonds is 2. The molecule has 1 saturated heterocycles. The minimum atomic E-state index is 0.348. The molecule has 2 rings (SSSR count). The van der Waals surface area contributed by atoms with Crippen molar-refractivity contribution in [3.05, 3.63) is 23.2 Å². The van der Waals surface area contributed by atoms with Gasteiger partial charge in [0.2, 0.25) is 0 Å². The predicted octanol–water partition coefficient (Wildman–Crippen LogP) is 1.99. The molecule has 1 fully saturated rings. The normalized spacial score (nSPS) is 24.7. The number of nitrogens with two attached hydrogens (primary N) is 1. The number of likely N-dealkylation sites (tertiary alicyclic amines) is 1. The fourth-order valence-corrected chi connectivity index (χ4v) is 2.43. The van der Waals surface area contributed by atoms with Crippen LogP contribution < -0.4 is 5.73 Å². The molecule has 1 aliphatic heterocycles. The summed E-state index contributed by atoms with van der Waals surface area (Å²) >= 11 is 0. The summed E-state index contributed by atoms with van der Waals surface area (Å²) in [6.07, 6.45) is 1.11. The molecular weight excluding hydrogens is 188 g/mol. The Morgan fingerprint density at radius 1 is 1.53 bits per heavy atom. The summed E-state index contributed by atoms with van der Waals surface area (Å²) in [6, 6.07) is 2.92. The van der Waals surface area contributed by atoms with E-state index in [1.165, 1.54) is 5.56 Å². The Bertz CT molecular complexity index is 345. The Hall–Kier alpha value is -0.800. The standard InChI is InChI=1S/C12H20N2O/c1-8-6-12(10(3)15-8)9(2)14-5-4-11(13)7-14/h6,9,11H,4-5,7,13H2,1-3H3. The van der Waals surface area contributed by atoms with E-state index < -0.39 is 0 Å². The Morgan fingerprint density at radius 3 is 2.73 bits per heavy atom. The lowest BCUT2D eigenvalue weighted by Crippen LogP contribution is -2.28. The number of furan rings is 1. The van der Waals surface area contributed by atoms with Gasteiger partial charge in [0.15, 0.2) is 0 Å². The lowest BCUT2D eigenvalue weighted by molar-refractivity contribution is 0.257. The van der Waals surface area contributed by atoms with Crippen LogP contribution in [0, 0.1) is 13.8 Å². The Labute approximate surface area is 91.2 Å². The van der Waals surface area contributed by atoms with Crippen LogP contribution >= 0.6 is 0 Å². The van der Waals surface area contributed by atoms with Crippen LogP contribution in [0.2, 0.25) is 0 Å². The van der Waals surface area contributed by atoms with Crippen molar-refractivity contribution in [3.8, 4) is 0 Å². The summed E-state index contributed by atoms with van der Waals surface area (Å²) in [5, 5.41) is 0. The Morgan fingerprint density at radius 2 is 2.27 bits per heavy atom. The van der Waals surface area contributed by atoms with Gasteiger partial charge >= 0.3 is 0 Å². The van der Waals surface area contributed by atoms with E-state index in [0.717, 1.165) is 31.0 Å². The molecule has 15 heavy (non-hydrogen) atoms. The summed E-state index contributed by atoms with van der Waals surface area (Å²) in [5.74, 6) is 2.04. The highest BCUT2D eigenvalue weighted by molar-refractivity contribution is 5.23. The maximum Gasteiger partial charge on any atom is 0.105 e. The topological polar surface area (TPSA) is 42.4 Å². The highest BCUT2D eigenvalue weighted by Crippen LogP contribution is 2.28. The second-order valence-corrected chi connectivity index (χ2v) is 4.59. The first-order valence-electron chi connectivity index (χ1n) is 5.64. The van der Waals surface area contributed by atoms with Gasteiger partial charge in [-0.05, 0) is 33.3 Å². The van der Waals surface area contributed by atoms with Gasteiger partial charge in [0.25, 0.3) is 0 Å². The van der Waals surface area contributed by atoms with Crippen LogP contribution in [0.5, 0.6) is 0 Å². The SMILES string of the molecule is Cc1cc(C(C)N2CCC(N)C2)c(C)o1. The molecule has 0 aliphatic carbocycles. The van der Waals surface area contributed by atoms with E-state index in [1.807, 2.05) is 13.8 Å². The molecule has 2 N–H and O–H groups in total. The molecule has 0 aromatic carbocycles. The van der Waals surface area contributed by atoms with Crippen LogP contribution in [-0.2, 0) is 0 Å². The zero-order chi connectivity index (χ0) is 11.0. The van der Waals surface area contributed by atoms with Crippen molar-refractivity contribution in [1.82, 2.24) is 4.90 Å². The van der Waals surface area contributed by atoms with E-state index in [1.54, 1.807) is 0 Å². The number of nitrogens with zero attached hydrogens (tertiary/aromatic N) is 1. The van der Waals surface area contributed by atoms with Gasteiger partial charge < -0.3 is 10.2 Å². The first kappa shape index (κ1) is 10.7. The van der Waals surface area contributed by atoms with Crippen LogP contribution in [0.1, 0.15) is 36.5 Å². The maximum absolute atomic E-state index is 5.92. The summed E-state index contributed by atoms with van der Waals surface area (Å²) in [4.78, 5) is 2.43. The van der Waals surface area contributed by atoms with Gasteiger partial charge in [-0.2, -0.15) is 0 Å². The minimum Gasteiger partial charge on any atom is -0.466 e. The number of hydrogen-bond acceptors (Lipinski definition) is 3. The highest BCUT2D eigenvalue weighted by Gasteiger charge is 2.26. The third kappa shape index (κ3) is 2.08. The molecule has 0 spiro atoms. The second-order valence-electron chi connectivity index (χ2n) is 4.59. The van der Waals surface area contributed by atoms with Gasteiger partial charge in [0.1, 0.15) is 11.5 Å². The van der Waals surface area contributed by atoms with Crippen LogP contribution in [0.25, 0.3) is 0 Å². The molecule has 0 saturated carbocycles. The molecule has 3 heteroatoms. The first-order valence-corrected chi connectivity index (χ1v) is 5.64. The number of aryl methyl sites for hydroxylation is 2. The van der Waals surface area contributed by atoms with Gasteiger partial charge in [0, 0.05) is 30.7 Å². The van der Waals surface area contributed by atoms with Crippen LogP contribution in [0.4, 0.5) is 0 Å². The Kier molecular flexibility index (Phi) is 2.85.